The quantitative estimate of drug-likeness (QED) is 0.500. The average Bonchev–Trinajstić information content (AvgIpc) is 2.04. The average molecular weight is 163 g/mol. The lowest BCUT2D eigenvalue weighted by Gasteiger charge is -2.13. The van der Waals surface area contributed by atoms with E-state index in [0.717, 1.165) is 11.3 Å². The Morgan fingerprint density at radius 3 is 2.67 bits per heavy atom. The second-order valence-corrected chi connectivity index (χ2v) is 2.91. The van der Waals surface area contributed by atoms with Crippen LogP contribution in [-0.4, -0.2) is 29.8 Å². The van der Waals surface area contributed by atoms with Gasteiger partial charge in [-0.1, -0.05) is 6.07 Å². The maximum absolute atomic E-state index is 7.69. The van der Waals surface area contributed by atoms with E-state index in [2.05, 4.69) is 4.98 Å². The summed E-state index contributed by atoms with van der Waals surface area (Å²) in [7, 11) is 3.69. The molecule has 0 bridgehead atoms. The lowest BCUT2D eigenvalue weighted by molar-refractivity contribution is 0.616. The maximum atomic E-state index is 7.69. The van der Waals surface area contributed by atoms with Gasteiger partial charge in [0.15, 0.2) is 0 Å². The normalized spacial score (nSPS) is 9.58. The first-order valence-electron chi connectivity index (χ1n) is 3.81. The third-order valence-electron chi connectivity index (χ3n) is 1.68. The zero-order chi connectivity index (χ0) is 9.14. The zero-order valence-electron chi connectivity index (χ0n) is 7.63. The van der Waals surface area contributed by atoms with Gasteiger partial charge in [0.1, 0.15) is 11.5 Å². The van der Waals surface area contributed by atoms with E-state index in [-0.39, 0.29) is 0 Å². The summed E-state index contributed by atoms with van der Waals surface area (Å²) in [6.45, 7) is 1.96. The number of aromatic nitrogens is 1. The van der Waals surface area contributed by atoms with Crippen molar-refractivity contribution in [3.8, 4) is 0 Å². The standard InChI is InChI=1S/C9H13N3/c1-7-5-4-6-11-8(7)9(10)12(2)3/h4-6,10H,1-3H3. The van der Waals surface area contributed by atoms with E-state index in [1.807, 2.05) is 33.2 Å². The van der Waals surface area contributed by atoms with Crippen LogP contribution in [0.15, 0.2) is 18.3 Å². The minimum absolute atomic E-state index is 0.452. The monoisotopic (exact) mass is 163 g/mol. The number of nitrogens with one attached hydrogen (secondary N) is 1. The maximum Gasteiger partial charge on any atom is 0.146 e. The smallest absolute Gasteiger partial charge is 0.146 e. The van der Waals surface area contributed by atoms with Gasteiger partial charge in [0.25, 0.3) is 0 Å². The summed E-state index contributed by atoms with van der Waals surface area (Å²) in [4.78, 5) is 5.88. The number of nitrogens with zero attached hydrogens (tertiary/aromatic N) is 2. The van der Waals surface area contributed by atoms with Crippen LogP contribution in [0.3, 0.4) is 0 Å². The van der Waals surface area contributed by atoms with Gasteiger partial charge in [-0.15, -0.1) is 0 Å². The van der Waals surface area contributed by atoms with Gasteiger partial charge < -0.3 is 4.90 Å². The van der Waals surface area contributed by atoms with Crippen LogP contribution in [-0.2, 0) is 0 Å². The van der Waals surface area contributed by atoms with Gasteiger partial charge in [0, 0.05) is 20.3 Å². The topological polar surface area (TPSA) is 40.0 Å². The second kappa shape index (κ2) is 3.34. The third-order valence-corrected chi connectivity index (χ3v) is 1.68. The van der Waals surface area contributed by atoms with Crippen molar-refractivity contribution in [3.63, 3.8) is 0 Å². The Bertz CT molecular complexity index is 292. The molecule has 0 radical (unpaired) electrons. The van der Waals surface area contributed by atoms with E-state index in [1.54, 1.807) is 11.1 Å². The molecule has 0 fully saturated rings. The molecule has 0 spiro atoms. The Morgan fingerprint density at radius 2 is 2.17 bits per heavy atom. The van der Waals surface area contributed by atoms with Crippen LogP contribution in [0.2, 0.25) is 0 Å². The van der Waals surface area contributed by atoms with Gasteiger partial charge >= 0.3 is 0 Å². The first kappa shape index (κ1) is 8.71. The molecule has 0 aromatic carbocycles. The van der Waals surface area contributed by atoms with E-state index in [4.69, 9.17) is 5.41 Å². The van der Waals surface area contributed by atoms with Crippen LogP contribution < -0.4 is 0 Å². The van der Waals surface area contributed by atoms with Crippen LogP contribution in [0.25, 0.3) is 0 Å². The Balaban J connectivity index is 3.03. The molecule has 1 rings (SSSR count). The van der Waals surface area contributed by atoms with E-state index in [9.17, 15) is 0 Å². The van der Waals surface area contributed by atoms with Crippen LogP contribution in [0, 0.1) is 12.3 Å². The van der Waals surface area contributed by atoms with Gasteiger partial charge in [0.2, 0.25) is 0 Å². The number of amidine groups is 1. The van der Waals surface area contributed by atoms with Crippen molar-refractivity contribution >= 4 is 5.84 Å². The Kier molecular flexibility index (Phi) is 2.43. The van der Waals surface area contributed by atoms with Crippen LogP contribution in [0.1, 0.15) is 11.3 Å². The summed E-state index contributed by atoms with van der Waals surface area (Å²) >= 11 is 0. The van der Waals surface area contributed by atoms with Crippen molar-refractivity contribution in [1.29, 1.82) is 5.41 Å². The molecule has 1 aromatic rings. The predicted octanol–water partition coefficient (Wildman–Crippen LogP) is 1.28. The van der Waals surface area contributed by atoms with E-state index in [1.165, 1.54) is 0 Å². The van der Waals surface area contributed by atoms with Crippen molar-refractivity contribution in [1.82, 2.24) is 9.88 Å². The van der Waals surface area contributed by atoms with Crippen molar-refractivity contribution in [2.45, 2.75) is 6.92 Å². The molecular weight excluding hydrogens is 150 g/mol. The molecule has 64 valence electrons. The van der Waals surface area contributed by atoms with Gasteiger partial charge in [-0.05, 0) is 18.6 Å². The van der Waals surface area contributed by atoms with E-state index < -0.39 is 0 Å². The fourth-order valence-electron chi connectivity index (χ4n) is 0.945. The van der Waals surface area contributed by atoms with E-state index >= 15 is 0 Å². The fourth-order valence-corrected chi connectivity index (χ4v) is 0.945. The molecule has 0 saturated carbocycles. The largest absolute Gasteiger partial charge is 0.361 e. The number of hydrogen-bond acceptors (Lipinski definition) is 2. The second-order valence-electron chi connectivity index (χ2n) is 2.91. The lowest BCUT2D eigenvalue weighted by atomic mass is 10.2. The molecule has 12 heavy (non-hydrogen) atoms. The van der Waals surface area contributed by atoms with E-state index in [0.29, 0.717) is 5.84 Å². The highest BCUT2D eigenvalue weighted by molar-refractivity contribution is 5.95. The van der Waals surface area contributed by atoms with Crippen LogP contribution in [0.4, 0.5) is 0 Å². The van der Waals surface area contributed by atoms with Gasteiger partial charge in [-0.3, -0.25) is 10.4 Å². The molecule has 0 aliphatic rings. The molecule has 0 atom stereocenters. The van der Waals surface area contributed by atoms with Gasteiger partial charge in [0.05, 0.1) is 0 Å². The van der Waals surface area contributed by atoms with Crippen LogP contribution in [0.5, 0.6) is 0 Å². The first-order chi connectivity index (χ1) is 5.63. The summed E-state index contributed by atoms with van der Waals surface area (Å²) < 4.78 is 0. The molecule has 0 aliphatic heterocycles. The summed E-state index contributed by atoms with van der Waals surface area (Å²) in [6.07, 6.45) is 1.71. The molecule has 0 saturated heterocycles. The SMILES string of the molecule is Cc1cccnc1C(=N)N(C)C. The van der Waals surface area contributed by atoms with Crippen LogP contribution >= 0.6 is 0 Å². The molecule has 1 N–H and O–H groups in total. The van der Waals surface area contributed by atoms with Crippen molar-refractivity contribution in [3.05, 3.63) is 29.6 Å². The molecule has 3 heteroatoms. The minimum atomic E-state index is 0.452. The van der Waals surface area contributed by atoms with Crippen molar-refractivity contribution in [2.24, 2.45) is 0 Å². The number of rotatable bonds is 1. The highest BCUT2D eigenvalue weighted by Crippen LogP contribution is 2.04. The highest BCUT2D eigenvalue weighted by Gasteiger charge is 2.06. The Morgan fingerprint density at radius 1 is 1.50 bits per heavy atom. The number of pyridine rings is 1. The lowest BCUT2D eigenvalue weighted by Crippen LogP contribution is -2.23. The number of aryl methyl sites for hydroxylation is 1. The zero-order valence-corrected chi connectivity index (χ0v) is 7.63. The summed E-state index contributed by atoms with van der Waals surface area (Å²) in [5.74, 6) is 0.452. The summed E-state index contributed by atoms with van der Waals surface area (Å²) in [6, 6.07) is 3.84. The van der Waals surface area contributed by atoms with Crippen molar-refractivity contribution < 1.29 is 0 Å². The number of hydrogen-bond donors (Lipinski definition) is 1. The molecule has 0 amide bonds. The predicted molar refractivity (Wildman–Crippen MR) is 49.5 cm³/mol. The molecule has 0 aliphatic carbocycles. The van der Waals surface area contributed by atoms with Gasteiger partial charge in [-0.2, -0.15) is 0 Å². The van der Waals surface area contributed by atoms with Gasteiger partial charge in [-0.25, -0.2) is 0 Å². The summed E-state index contributed by atoms with van der Waals surface area (Å²) in [5, 5.41) is 7.69. The minimum Gasteiger partial charge on any atom is -0.361 e. The highest BCUT2D eigenvalue weighted by atomic mass is 15.1. The summed E-state index contributed by atoms with van der Waals surface area (Å²) in [5.41, 5.74) is 1.79. The Labute approximate surface area is 72.6 Å². The Hall–Kier alpha value is -1.38. The molecule has 1 aromatic heterocycles. The molecule has 0 unspecified atom stereocenters. The van der Waals surface area contributed by atoms with Crippen molar-refractivity contribution in [2.75, 3.05) is 14.1 Å². The molecule has 3 nitrogen and oxygen atoms in total. The molecular formula is C9H13N3. The first-order valence-corrected chi connectivity index (χ1v) is 3.81. The molecule has 1 heterocycles. The third kappa shape index (κ3) is 1.61. The fraction of sp³-hybridized carbons (Fsp3) is 0.333.